The van der Waals surface area contributed by atoms with E-state index in [-0.39, 0.29) is 17.5 Å². The maximum absolute atomic E-state index is 11.0. The molecule has 18 heavy (non-hydrogen) atoms. The third kappa shape index (κ3) is 2.32. The van der Waals surface area contributed by atoms with Crippen molar-refractivity contribution in [2.75, 3.05) is 0 Å². The van der Waals surface area contributed by atoms with E-state index in [0.29, 0.717) is 11.3 Å². The Morgan fingerprint density at radius 3 is 2.72 bits per heavy atom. The first-order valence-electron chi connectivity index (χ1n) is 5.49. The zero-order valence-corrected chi connectivity index (χ0v) is 10.0. The molecule has 0 amide bonds. The molecule has 1 aromatic carbocycles. The van der Waals surface area contributed by atoms with Crippen molar-refractivity contribution < 1.29 is 14.6 Å². The third-order valence-electron chi connectivity index (χ3n) is 2.26. The highest BCUT2D eigenvalue weighted by molar-refractivity contribution is 5.93. The number of nitrogens with zero attached hydrogens (tertiary/aromatic N) is 2. The Morgan fingerprint density at radius 2 is 2.06 bits per heavy atom. The van der Waals surface area contributed by atoms with Crippen LogP contribution in [0.4, 0.5) is 0 Å². The van der Waals surface area contributed by atoms with E-state index in [0.717, 1.165) is 0 Å². The number of carboxylic acid groups (broad SMARTS) is 1. The maximum Gasteiger partial charge on any atom is 0.358 e. The van der Waals surface area contributed by atoms with Crippen LogP contribution in [0, 0.1) is 0 Å². The van der Waals surface area contributed by atoms with Crippen molar-refractivity contribution in [2.45, 2.75) is 20.0 Å². The summed E-state index contributed by atoms with van der Waals surface area (Å²) in [4.78, 5) is 11.0. The van der Waals surface area contributed by atoms with Gasteiger partial charge in [0, 0.05) is 5.56 Å². The summed E-state index contributed by atoms with van der Waals surface area (Å²) in [6.45, 7) is 3.80. The zero-order chi connectivity index (χ0) is 13.1. The fraction of sp³-hybridized carbons (Fsp3) is 0.250. The third-order valence-corrected chi connectivity index (χ3v) is 2.26. The van der Waals surface area contributed by atoms with E-state index < -0.39 is 5.97 Å². The number of ether oxygens (including phenoxy) is 1. The molecular formula is C12H13N3O3. The fourth-order valence-electron chi connectivity index (χ4n) is 1.59. The molecule has 1 heterocycles. The van der Waals surface area contributed by atoms with E-state index >= 15 is 0 Å². The predicted molar refractivity (Wildman–Crippen MR) is 64.5 cm³/mol. The van der Waals surface area contributed by atoms with Crippen LogP contribution < -0.4 is 4.74 Å². The Morgan fingerprint density at radius 1 is 1.33 bits per heavy atom. The molecule has 0 fully saturated rings. The number of nitrogens with one attached hydrogen (secondary N) is 1. The lowest BCUT2D eigenvalue weighted by Gasteiger charge is -2.12. The largest absolute Gasteiger partial charge is 0.490 e. The van der Waals surface area contributed by atoms with Gasteiger partial charge >= 0.3 is 5.97 Å². The van der Waals surface area contributed by atoms with Gasteiger partial charge in [0.25, 0.3) is 0 Å². The minimum Gasteiger partial charge on any atom is -0.490 e. The SMILES string of the molecule is CC(C)Oc1ccccc1-c1n[nH]nc1C(=O)O. The van der Waals surface area contributed by atoms with Crippen LogP contribution in [-0.2, 0) is 0 Å². The van der Waals surface area contributed by atoms with Crippen LogP contribution in [0.5, 0.6) is 5.75 Å². The normalized spacial score (nSPS) is 10.6. The number of rotatable bonds is 4. The van der Waals surface area contributed by atoms with Crippen LogP contribution in [0.1, 0.15) is 24.3 Å². The van der Waals surface area contributed by atoms with Gasteiger partial charge in [-0.15, -0.1) is 5.10 Å². The summed E-state index contributed by atoms with van der Waals surface area (Å²) in [6.07, 6.45) is -0.00803. The summed E-state index contributed by atoms with van der Waals surface area (Å²) in [6, 6.07) is 7.14. The highest BCUT2D eigenvalue weighted by Crippen LogP contribution is 2.30. The van der Waals surface area contributed by atoms with Gasteiger partial charge in [0.2, 0.25) is 0 Å². The Hall–Kier alpha value is -2.37. The molecule has 0 unspecified atom stereocenters. The van der Waals surface area contributed by atoms with Gasteiger partial charge in [-0.05, 0) is 26.0 Å². The zero-order valence-electron chi connectivity index (χ0n) is 10.0. The summed E-state index contributed by atoms with van der Waals surface area (Å²) >= 11 is 0. The molecule has 6 heteroatoms. The first kappa shape index (κ1) is 12.1. The van der Waals surface area contributed by atoms with Crippen LogP contribution in [0.25, 0.3) is 11.3 Å². The van der Waals surface area contributed by atoms with Gasteiger partial charge in [0.05, 0.1) is 6.10 Å². The Balaban J connectivity index is 2.50. The van der Waals surface area contributed by atoms with Crippen LogP contribution in [0.3, 0.4) is 0 Å². The topological polar surface area (TPSA) is 88.1 Å². The molecule has 0 aliphatic rings. The molecule has 6 nitrogen and oxygen atoms in total. The number of carbonyl (C=O) groups is 1. The van der Waals surface area contributed by atoms with Crippen molar-refractivity contribution in [1.29, 1.82) is 0 Å². The lowest BCUT2D eigenvalue weighted by molar-refractivity contribution is 0.0691. The molecule has 1 aromatic heterocycles. The summed E-state index contributed by atoms with van der Waals surface area (Å²) in [5.41, 5.74) is 0.769. The van der Waals surface area contributed by atoms with Crippen molar-refractivity contribution in [1.82, 2.24) is 15.4 Å². The molecule has 94 valence electrons. The van der Waals surface area contributed by atoms with E-state index in [1.165, 1.54) is 0 Å². The number of hydrogen-bond donors (Lipinski definition) is 2. The highest BCUT2D eigenvalue weighted by atomic mass is 16.5. The number of para-hydroxylation sites is 1. The number of aromatic nitrogens is 3. The second kappa shape index (κ2) is 4.87. The van der Waals surface area contributed by atoms with Crippen molar-refractivity contribution in [3.63, 3.8) is 0 Å². The number of hydrogen-bond acceptors (Lipinski definition) is 4. The summed E-state index contributed by atoms with van der Waals surface area (Å²) < 4.78 is 5.63. The lowest BCUT2D eigenvalue weighted by atomic mass is 10.1. The smallest absolute Gasteiger partial charge is 0.358 e. The molecule has 0 saturated carbocycles. The molecule has 2 rings (SSSR count). The minimum absolute atomic E-state index is 0.00803. The van der Waals surface area contributed by atoms with Gasteiger partial charge in [-0.3, -0.25) is 0 Å². The van der Waals surface area contributed by atoms with Crippen molar-refractivity contribution in [2.24, 2.45) is 0 Å². The van der Waals surface area contributed by atoms with Gasteiger partial charge in [-0.1, -0.05) is 12.1 Å². The Bertz CT molecular complexity index is 563. The van der Waals surface area contributed by atoms with Crippen LogP contribution >= 0.6 is 0 Å². The number of aromatic amines is 1. The van der Waals surface area contributed by atoms with Crippen LogP contribution in [0.15, 0.2) is 24.3 Å². The average Bonchev–Trinajstić information content (AvgIpc) is 2.77. The molecule has 0 saturated heterocycles. The van der Waals surface area contributed by atoms with Gasteiger partial charge in [0.15, 0.2) is 5.69 Å². The van der Waals surface area contributed by atoms with E-state index in [9.17, 15) is 4.79 Å². The van der Waals surface area contributed by atoms with E-state index in [1.54, 1.807) is 18.2 Å². The molecule has 0 atom stereocenters. The van der Waals surface area contributed by atoms with E-state index in [1.807, 2.05) is 19.9 Å². The molecule has 0 spiro atoms. The van der Waals surface area contributed by atoms with Gasteiger partial charge < -0.3 is 9.84 Å². The molecule has 2 N–H and O–H groups in total. The molecule has 0 bridgehead atoms. The second-order valence-corrected chi connectivity index (χ2v) is 3.99. The van der Waals surface area contributed by atoms with Gasteiger partial charge in [-0.25, -0.2) is 4.79 Å². The number of carboxylic acids is 1. The standard InChI is InChI=1S/C12H13N3O3/c1-7(2)18-9-6-4-3-5-8(9)10-11(12(16)17)14-15-13-10/h3-7H,1-2H3,(H,16,17)(H,13,14,15). The molecule has 2 aromatic rings. The van der Waals surface area contributed by atoms with Gasteiger partial charge in [-0.2, -0.15) is 10.3 Å². The molecular weight excluding hydrogens is 234 g/mol. The van der Waals surface area contributed by atoms with Gasteiger partial charge in [0.1, 0.15) is 11.4 Å². The quantitative estimate of drug-likeness (QED) is 0.862. The first-order chi connectivity index (χ1) is 8.59. The lowest BCUT2D eigenvalue weighted by Crippen LogP contribution is -2.07. The number of H-pyrrole nitrogens is 1. The summed E-state index contributed by atoms with van der Waals surface area (Å²) in [5.74, 6) is -0.540. The van der Waals surface area contributed by atoms with E-state index in [2.05, 4.69) is 15.4 Å². The highest BCUT2D eigenvalue weighted by Gasteiger charge is 2.19. The average molecular weight is 247 g/mol. The summed E-state index contributed by atoms with van der Waals surface area (Å²) in [7, 11) is 0. The predicted octanol–water partition coefficient (Wildman–Crippen LogP) is 1.96. The first-order valence-corrected chi connectivity index (χ1v) is 5.49. The van der Waals surface area contributed by atoms with Crippen LogP contribution in [-0.4, -0.2) is 32.6 Å². The maximum atomic E-state index is 11.0. The minimum atomic E-state index is -1.13. The molecule has 0 aliphatic heterocycles. The Labute approximate surface area is 104 Å². The molecule has 0 aliphatic carbocycles. The summed E-state index contributed by atoms with van der Waals surface area (Å²) in [5, 5.41) is 18.8. The second-order valence-electron chi connectivity index (χ2n) is 3.99. The van der Waals surface area contributed by atoms with Crippen LogP contribution in [0.2, 0.25) is 0 Å². The van der Waals surface area contributed by atoms with Crippen molar-refractivity contribution in [3.8, 4) is 17.0 Å². The fourth-order valence-corrected chi connectivity index (χ4v) is 1.59. The monoisotopic (exact) mass is 247 g/mol. The number of benzene rings is 1. The Kier molecular flexibility index (Phi) is 3.27. The van der Waals surface area contributed by atoms with Crippen molar-refractivity contribution in [3.05, 3.63) is 30.0 Å². The van der Waals surface area contributed by atoms with E-state index in [4.69, 9.17) is 9.84 Å². The molecule has 0 radical (unpaired) electrons. The number of aromatic carboxylic acids is 1. The van der Waals surface area contributed by atoms with Crippen molar-refractivity contribution >= 4 is 5.97 Å².